The summed E-state index contributed by atoms with van der Waals surface area (Å²) in [7, 11) is 1.73. The number of hydrogen-bond acceptors (Lipinski definition) is 3. The van der Waals surface area contributed by atoms with Gasteiger partial charge in [0.25, 0.3) is 0 Å². The lowest BCUT2D eigenvalue weighted by molar-refractivity contribution is 0.112. The first-order valence-corrected chi connectivity index (χ1v) is 3.53. The summed E-state index contributed by atoms with van der Waals surface area (Å²) in [6.45, 7) is 0. The maximum Gasteiger partial charge on any atom is 0.150 e. The van der Waals surface area contributed by atoms with Gasteiger partial charge in [-0.3, -0.25) is 9.59 Å². The van der Waals surface area contributed by atoms with Crippen LogP contribution < -0.4 is 5.32 Å². The molecule has 0 spiro atoms. The molecule has 0 unspecified atom stereocenters. The van der Waals surface area contributed by atoms with Crippen LogP contribution in [-0.2, 0) is 0 Å². The van der Waals surface area contributed by atoms with Gasteiger partial charge in [0.1, 0.15) is 12.6 Å². The van der Waals surface area contributed by atoms with E-state index >= 15 is 0 Å². The summed E-state index contributed by atoms with van der Waals surface area (Å²) in [4.78, 5) is 20.8. The third kappa shape index (κ3) is 1.69. The molecule has 62 valence electrons. The van der Waals surface area contributed by atoms with E-state index in [4.69, 9.17) is 0 Å². The molecular weight excluding hydrogens is 154 g/mol. The summed E-state index contributed by atoms with van der Waals surface area (Å²) in [6.07, 6.45) is 1.43. The molecule has 0 aliphatic rings. The average Bonchev–Trinajstić information content (AvgIpc) is 2.16. The molecule has 0 saturated heterocycles. The molecule has 3 nitrogen and oxygen atoms in total. The normalized spacial score (nSPS) is 9.08. The molecule has 0 aliphatic heterocycles. The molecule has 3 heteroatoms. The monoisotopic (exact) mass is 163 g/mol. The molecule has 0 amide bonds. The highest BCUT2D eigenvalue weighted by atomic mass is 16.1. The van der Waals surface area contributed by atoms with Crippen LogP contribution in [0, 0.1) is 0 Å². The van der Waals surface area contributed by atoms with Crippen LogP contribution in [-0.4, -0.2) is 19.6 Å². The summed E-state index contributed by atoms with van der Waals surface area (Å²) in [5.41, 5.74) is 1.77. The summed E-state index contributed by atoms with van der Waals surface area (Å²) in [5.74, 6) is 0. The topological polar surface area (TPSA) is 46.2 Å². The summed E-state index contributed by atoms with van der Waals surface area (Å²) >= 11 is 0. The number of anilines is 1. The number of carbonyl (C=O) groups is 2. The van der Waals surface area contributed by atoms with Crippen molar-refractivity contribution in [2.75, 3.05) is 12.4 Å². The van der Waals surface area contributed by atoms with Crippen LogP contribution in [0.1, 0.15) is 20.7 Å². The Bertz CT molecular complexity index is 281. The van der Waals surface area contributed by atoms with Gasteiger partial charge in [-0.15, -0.1) is 0 Å². The van der Waals surface area contributed by atoms with Crippen LogP contribution >= 0.6 is 0 Å². The Morgan fingerprint density at radius 2 is 1.58 bits per heavy atom. The highest BCUT2D eigenvalue weighted by Gasteiger charge is 1.97. The lowest BCUT2D eigenvalue weighted by Gasteiger charge is -2.01. The molecule has 0 saturated carbocycles. The van der Waals surface area contributed by atoms with Crippen molar-refractivity contribution in [2.45, 2.75) is 0 Å². The number of nitrogens with one attached hydrogen (secondary N) is 1. The average molecular weight is 163 g/mol. The van der Waals surface area contributed by atoms with Crippen LogP contribution in [0.5, 0.6) is 0 Å². The van der Waals surface area contributed by atoms with Crippen molar-refractivity contribution in [1.29, 1.82) is 0 Å². The van der Waals surface area contributed by atoms with E-state index in [0.717, 1.165) is 5.69 Å². The molecule has 12 heavy (non-hydrogen) atoms. The molecule has 0 aliphatic carbocycles. The quantitative estimate of drug-likeness (QED) is 0.684. The highest BCUT2D eigenvalue weighted by Crippen LogP contribution is 2.11. The predicted octanol–water partition coefficient (Wildman–Crippen LogP) is 1.35. The molecule has 0 atom stereocenters. The lowest BCUT2D eigenvalue weighted by Crippen LogP contribution is -1.92. The van der Waals surface area contributed by atoms with Gasteiger partial charge in [0.15, 0.2) is 0 Å². The fourth-order valence-electron chi connectivity index (χ4n) is 0.957. The largest absolute Gasteiger partial charge is 0.388 e. The second kappa shape index (κ2) is 3.67. The zero-order chi connectivity index (χ0) is 8.97. The standard InChI is InChI=1S/C9H9NO2/c1-10-9-3-7(5-11)2-8(4-9)6-12/h2-6,10H,1H3. The van der Waals surface area contributed by atoms with E-state index in [2.05, 4.69) is 5.32 Å². The number of hydrogen-bond donors (Lipinski definition) is 1. The predicted molar refractivity (Wildman–Crippen MR) is 46.8 cm³/mol. The molecule has 1 N–H and O–H groups in total. The minimum absolute atomic E-state index is 0.504. The van der Waals surface area contributed by atoms with Crippen molar-refractivity contribution in [3.8, 4) is 0 Å². The smallest absolute Gasteiger partial charge is 0.150 e. The minimum Gasteiger partial charge on any atom is -0.388 e. The maximum atomic E-state index is 10.4. The number of carbonyl (C=O) groups excluding carboxylic acids is 2. The zero-order valence-electron chi connectivity index (χ0n) is 6.70. The fraction of sp³-hybridized carbons (Fsp3) is 0.111. The van der Waals surface area contributed by atoms with Crippen molar-refractivity contribution in [2.24, 2.45) is 0 Å². The van der Waals surface area contributed by atoms with Crippen LogP contribution in [0.25, 0.3) is 0 Å². The third-order valence-electron chi connectivity index (χ3n) is 1.54. The zero-order valence-corrected chi connectivity index (χ0v) is 6.70. The van der Waals surface area contributed by atoms with Gasteiger partial charge in [0, 0.05) is 23.9 Å². The molecule has 0 aromatic heterocycles. The van der Waals surface area contributed by atoms with Gasteiger partial charge < -0.3 is 5.32 Å². The molecule has 0 radical (unpaired) electrons. The van der Waals surface area contributed by atoms with Crippen molar-refractivity contribution < 1.29 is 9.59 Å². The van der Waals surface area contributed by atoms with E-state index in [1.807, 2.05) is 0 Å². The Kier molecular flexibility index (Phi) is 2.58. The summed E-state index contributed by atoms with van der Waals surface area (Å²) in [5, 5.41) is 2.86. The number of rotatable bonds is 3. The minimum atomic E-state index is 0.504. The second-order valence-corrected chi connectivity index (χ2v) is 2.37. The molecule has 0 fully saturated rings. The summed E-state index contributed by atoms with van der Waals surface area (Å²) in [6, 6.07) is 4.90. The van der Waals surface area contributed by atoms with Crippen LogP contribution in [0.3, 0.4) is 0 Å². The van der Waals surface area contributed by atoms with Gasteiger partial charge in [-0.05, 0) is 18.2 Å². The first-order chi connectivity index (χ1) is 5.80. The fourth-order valence-corrected chi connectivity index (χ4v) is 0.957. The first kappa shape index (κ1) is 8.46. The molecule has 1 aromatic rings. The maximum absolute atomic E-state index is 10.4. The van der Waals surface area contributed by atoms with Crippen molar-refractivity contribution in [1.82, 2.24) is 0 Å². The number of benzene rings is 1. The second-order valence-electron chi connectivity index (χ2n) is 2.37. The lowest BCUT2D eigenvalue weighted by atomic mass is 10.1. The molecular formula is C9H9NO2. The van der Waals surface area contributed by atoms with E-state index in [9.17, 15) is 9.59 Å². The Hall–Kier alpha value is -1.64. The van der Waals surface area contributed by atoms with Crippen molar-refractivity contribution in [3.63, 3.8) is 0 Å². The van der Waals surface area contributed by atoms with Crippen LogP contribution in [0.4, 0.5) is 5.69 Å². The third-order valence-corrected chi connectivity index (χ3v) is 1.54. The van der Waals surface area contributed by atoms with Gasteiger partial charge in [-0.2, -0.15) is 0 Å². The van der Waals surface area contributed by atoms with E-state index in [1.54, 1.807) is 25.2 Å². The summed E-state index contributed by atoms with van der Waals surface area (Å²) < 4.78 is 0. The highest BCUT2D eigenvalue weighted by molar-refractivity contribution is 5.84. The van der Waals surface area contributed by atoms with Gasteiger partial charge in [-0.1, -0.05) is 0 Å². The first-order valence-electron chi connectivity index (χ1n) is 3.53. The van der Waals surface area contributed by atoms with Gasteiger partial charge in [0.05, 0.1) is 0 Å². The molecule has 1 aromatic carbocycles. The Balaban J connectivity index is 3.18. The van der Waals surface area contributed by atoms with E-state index in [-0.39, 0.29) is 0 Å². The van der Waals surface area contributed by atoms with E-state index in [0.29, 0.717) is 23.7 Å². The van der Waals surface area contributed by atoms with Gasteiger partial charge in [0.2, 0.25) is 0 Å². The Labute approximate surface area is 70.4 Å². The van der Waals surface area contributed by atoms with Crippen LogP contribution in [0.2, 0.25) is 0 Å². The SMILES string of the molecule is CNc1cc(C=O)cc(C=O)c1. The van der Waals surface area contributed by atoms with Crippen molar-refractivity contribution in [3.05, 3.63) is 29.3 Å². The van der Waals surface area contributed by atoms with E-state index in [1.165, 1.54) is 0 Å². The van der Waals surface area contributed by atoms with Crippen molar-refractivity contribution >= 4 is 18.3 Å². The Morgan fingerprint density at radius 1 is 1.08 bits per heavy atom. The van der Waals surface area contributed by atoms with Gasteiger partial charge in [-0.25, -0.2) is 0 Å². The van der Waals surface area contributed by atoms with Gasteiger partial charge >= 0.3 is 0 Å². The Morgan fingerprint density at radius 3 is 1.92 bits per heavy atom. The van der Waals surface area contributed by atoms with E-state index < -0.39 is 0 Å². The number of aldehydes is 2. The molecule has 1 rings (SSSR count). The molecule has 0 bridgehead atoms. The van der Waals surface area contributed by atoms with Crippen LogP contribution in [0.15, 0.2) is 18.2 Å². The molecule has 0 heterocycles.